The van der Waals surface area contributed by atoms with Crippen LogP contribution < -0.4 is 16.6 Å². The molecule has 0 bridgehead atoms. The fourth-order valence-corrected chi connectivity index (χ4v) is 2.87. The van der Waals surface area contributed by atoms with Crippen LogP contribution in [-0.4, -0.2) is 22.4 Å². The van der Waals surface area contributed by atoms with E-state index >= 15 is 0 Å². The lowest BCUT2D eigenvalue weighted by Gasteiger charge is -2.06. The summed E-state index contributed by atoms with van der Waals surface area (Å²) >= 11 is 0. The van der Waals surface area contributed by atoms with Crippen molar-refractivity contribution in [2.45, 2.75) is 6.42 Å². The van der Waals surface area contributed by atoms with E-state index in [2.05, 4.69) is 15.3 Å². The van der Waals surface area contributed by atoms with Crippen LogP contribution in [-0.2, 0) is 6.42 Å². The lowest BCUT2D eigenvalue weighted by atomic mass is 10.1. The minimum atomic E-state index is -0.660. The van der Waals surface area contributed by atoms with Crippen molar-refractivity contribution in [1.82, 2.24) is 15.3 Å². The summed E-state index contributed by atoms with van der Waals surface area (Å²) in [7, 11) is 0. The SMILES string of the molecule is O=C(NCCc1ccc2[nH]c(=O)[nH]c2c1)c1cc2ccccc2oc1=O. The molecule has 0 aliphatic rings. The Morgan fingerprint density at radius 1 is 1.00 bits per heavy atom. The quantitative estimate of drug-likeness (QED) is 0.489. The van der Waals surface area contributed by atoms with Gasteiger partial charge < -0.3 is 19.7 Å². The number of fused-ring (bicyclic) bond motifs is 2. The number of nitrogens with one attached hydrogen (secondary N) is 3. The van der Waals surface area contributed by atoms with Gasteiger partial charge in [0.2, 0.25) is 0 Å². The molecule has 2 heterocycles. The molecule has 0 atom stereocenters. The molecule has 0 aliphatic heterocycles. The average Bonchev–Trinajstić information content (AvgIpc) is 3.00. The summed E-state index contributed by atoms with van der Waals surface area (Å²) in [5.74, 6) is -0.472. The summed E-state index contributed by atoms with van der Waals surface area (Å²) in [5, 5.41) is 3.42. The Hall–Kier alpha value is -3.61. The molecule has 0 saturated heterocycles. The number of amides is 1. The van der Waals surface area contributed by atoms with Crippen LogP contribution in [0.3, 0.4) is 0 Å². The van der Waals surface area contributed by atoms with Crippen LogP contribution in [0.1, 0.15) is 15.9 Å². The first-order valence-electron chi connectivity index (χ1n) is 8.12. The molecule has 4 rings (SSSR count). The second-order valence-corrected chi connectivity index (χ2v) is 5.95. The van der Waals surface area contributed by atoms with E-state index in [1.54, 1.807) is 18.2 Å². The van der Waals surface area contributed by atoms with Crippen molar-refractivity contribution in [3.8, 4) is 0 Å². The molecule has 2 aromatic carbocycles. The molecule has 0 spiro atoms. The first kappa shape index (κ1) is 15.9. The van der Waals surface area contributed by atoms with E-state index < -0.39 is 11.5 Å². The lowest BCUT2D eigenvalue weighted by Crippen LogP contribution is -2.29. The van der Waals surface area contributed by atoms with Gasteiger partial charge in [-0.25, -0.2) is 9.59 Å². The second kappa shape index (κ2) is 6.36. The van der Waals surface area contributed by atoms with Gasteiger partial charge in [-0.1, -0.05) is 24.3 Å². The second-order valence-electron chi connectivity index (χ2n) is 5.95. The van der Waals surface area contributed by atoms with Crippen molar-refractivity contribution in [3.63, 3.8) is 0 Å². The van der Waals surface area contributed by atoms with Gasteiger partial charge in [-0.2, -0.15) is 0 Å². The van der Waals surface area contributed by atoms with Crippen molar-refractivity contribution >= 4 is 27.9 Å². The minimum absolute atomic E-state index is 0.0193. The van der Waals surface area contributed by atoms with E-state index in [1.807, 2.05) is 24.3 Å². The zero-order valence-electron chi connectivity index (χ0n) is 13.7. The van der Waals surface area contributed by atoms with E-state index in [1.165, 1.54) is 6.07 Å². The van der Waals surface area contributed by atoms with Crippen LogP contribution in [0.2, 0.25) is 0 Å². The Bertz CT molecular complexity index is 1230. The molecule has 4 aromatic rings. The van der Waals surface area contributed by atoms with E-state index in [4.69, 9.17) is 4.42 Å². The minimum Gasteiger partial charge on any atom is -0.422 e. The number of carbonyl (C=O) groups excluding carboxylic acids is 1. The van der Waals surface area contributed by atoms with Crippen molar-refractivity contribution in [3.05, 3.63) is 80.6 Å². The van der Waals surface area contributed by atoms with Crippen molar-refractivity contribution < 1.29 is 9.21 Å². The third kappa shape index (κ3) is 3.02. The summed E-state index contributed by atoms with van der Waals surface area (Å²) in [4.78, 5) is 40.9. The van der Waals surface area contributed by atoms with Crippen LogP contribution in [0.15, 0.2) is 62.5 Å². The third-order valence-corrected chi connectivity index (χ3v) is 4.17. The highest BCUT2D eigenvalue weighted by Crippen LogP contribution is 2.13. The summed E-state index contributed by atoms with van der Waals surface area (Å²) in [6, 6.07) is 14.1. The number of benzene rings is 2. The zero-order valence-corrected chi connectivity index (χ0v) is 13.7. The Morgan fingerprint density at radius 2 is 1.81 bits per heavy atom. The fraction of sp³-hybridized carbons (Fsp3) is 0.105. The highest BCUT2D eigenvalue weighted by Gasteiger charge is 2.13. The topological polar surface area (TPSA) is 108 Å². The predicted octanol–water partition coefficient (Wildman–Crippen LogP) is 1.94. The van der Waals surface area contributed by atoms with Crippen molar-refractivity contribution in [2.75, 3.05) is 6.54 Å². The van der Waals surface area contributed by atoms with Crippen LogP contribution in [0.4, 0.5) is 0 Å². The molecule has 0 aliphatic carbocycles. The van der Waals surface area contributed by atoms with Gasteiger partial charge in [0.05, 0.1) is 11.0 Å². The van der Waals surface area contributed by atoms with Crippen LogP contribution in [0, 0.1) is 0 Å². The summed E-state index contributed by atoms with van der Waals surface area (Å²) < 4.78 is 5.18. The van der Waals surface area contributed by atoms with Gasteiger partial charge in [-0.15, -0.1) is 0 Å². The number of H-pyrrole nitrogens is 2. The van der Waals surface area contributed by atoms with Gasteiger partial charge in [0.25, 0.3) is 5.91 Å². The number of rotatable bonds is 4. The number of hydrogen-bond donors (Lipinski definition) is 3. The van der Waals surface area contributed by atoms with Gasteiger partial charge in [0.15, 0.2) is 0 Å². The maximum absolute atomic E-state index is 12.3. The summed E-state index contributed by atoms with van der Waals surface area (Å²) in [5.41, 5.74) is 1.92. The maximum atomic E-state index is 12.3. The van der Waals surface area contributed by atoms with Gasteiger partial charge >= 0.3 is 11.3 Å². The zero-order chi connectivity index (χ0) is 18.1. The molecule has 7 nitrogen and oxygen atoms in total. The Labute approximate surface area is 146 Å². The van der Waals surface area contributed by atoms with Crippen LogP contribution >= 0.6 is 0 Å². The van der Waals surface area contributed by atoms with Crippen molar-refractivity contribution in [2.24, 2.45) is 0 Å². The number of para-hydroxylation sites is 1. The monoisotopic (exact) mass is 349 g/mol. The predicted molar refractivity (Wildman–Crippen MR) is 97.4 cm³/mol. The number of aromatic nitrogens is 2. The molecule has 0 unspecified atom stereocenters. The molecule has 0 radical (unpaired) electrons. The number of imidazole rings is 1. The van der Waals surface area contributed by atoms with E-state index in [9.17, 15) is 14.4 Å². The molecule has 3 N–H and O–H groups in total. The fourth-order valence-electron chi connectivity index (χ4n) is 2.87. The first-order chi connectivity index (χ1) is 12.6. The molecule has 2 aromatic heterocycles. The maximum Gasteiger partial charge on any atom is 0.349 e. The number of carbonyl (C=O) groups is 1. The molecule has 130 valence electrons. The molecule has 0 saturated carbocycles. The van der Waals surface area contributed by atoms with Crippen molar-refractivity contribution in [1.29, 1.82) is 0 Å². The first-order valence-corrected chi connectivity index (χ1v) is 8.12. The summed E-state index contributed by atoms with van der Waals surface area (Å²) in [6.07, 6.45) is 0.563. The smallest absolute Gasteiger partial charge is 0.349 e. The number of aromatic amines is 2. The molecule has 0 fully saturated rings. The van der Waals surface area contributed by atoms with E-state index in [-0.39, 0.29) is 11.3 Å². The highest BCUT2D eigenvalue weighted by molar-refractivity contribution is 5.96. The summed E-state index contributed by atoms with van der Waals surface area (Å²) in [6.45, 7) is 0.352. The van der Waals surface area contributed by atoms with Crippen LogP contribution in [0.5, 0.6) is 0 Å². The Balaban J connectivity index is 1.47. The van der Waals surface area contributed by atoms with Gasteiger partial charge in [0, 0.05) is 11.9 Å². The molecular weight excluding hydrogens is 334 g/mol. The van der Waals surface area contributed by atoms with E-state index in [0.717, 1.165) is 11.1 Å². The number of hydrogen-bond acceptors (Lipinski definition) is 4. The van der Waals surface area contributed by atoms with E-state index in [0.29, 0.717) is 29.5 Å². The lowest BCUT2D eigenvalue weighted by molar-refractivity contribution is 0.0950. The largest absolute Gasteiger partial charge is 0.422 e. The third-order valence-electron chi connectivity index (χ3n) is 4.17. The van der Waals surface area contributed by atoms with Crippen LogP contribution in [0.25, 0.3) is 22.0 Å². The molecule has 26 heavy (non-hydrogen) atoms. The highest BCUT2D eigenvalue weighted by atomic mass is 16.4. The average molecular weight is 349 g/mol. The molecular formula is C19H15N3O4. The Morgan fingerprint density at radius 3 is 2.69 bits per heavy atom. The van der Waals surface area contributed by atoms with Gasteiger partial charge in [-0.05, 0) is 36.2 Å². The Kier molecular flexibility index (Phi) is 3.89. The molecule has 1 amide bonds. The van der Waals surface area contributed by atoms with Gasteiger partial charge in [0.1, 0.15) is 11.1 Å². The normalized spacial score (nSPS) is 11.1. The van der Waals surface area contributed by atoms with Gasteiger partial charge in [-0.3, -0.25) is 4.79 Å². The standard InChI is InChI=1S/C19H15N3O4/c23-17(13-10-12-3-1-2-4-16(12)26-18(13)24)20-8-7-11-5-6-14-15(9-11)22-19(25)21-14/h1-6,9-10H,7-8H2,(H,20,23)(H2,21,22,25). The molecule has 7 heteroatoms.